The van der Waals surface area contributed by atoms with Gasteiger partial charge in [-0.25, -0.2) is 4.79 Å². The number of carbonyl (C=O) groups excluding carboxylic acids is 1. The lowest BCUT2D eigenvalue weighted by molar-refractivity contribution is 0.0495. The fourth-order valence-corrected chi connectivity index (χ4v) is 3.71. The average Bonchev–Trinajstić information content (AvgIpc) is 3.33. The van der Waals surface area contributed by atoms with Crippen LogP contribution in [0.3, 0.4) is 0 Å². The highest BCUT2D eigenvalue weighted by molar-refractivity contribution is 14.1. The summed E-state index contributed by atoms with van der Waals surface area (Å²) in [7, 11) is 0. The number of fused-ring (bicyclic) bond motifs is 1. The number of nitrogens with zero attached hydrogens (tertiary/aromatic N) is 2. The van der Waals surface area contributed by atoms with Crippen molar-refractivity contribution >= 4 is 39.7 Å². The number of amides is 1. The zero-order chi connectivity index (χ0) is 22.9. The van der Waals surface area contributed by atoms with E-state index >= 15 is 0 Å². The van der Waals surface area contributed by atoms with Gasteiger partial charge in [-0.05, 0) is 74.0 Å². The van der Waals surface area contributed by atoms with Crippen LogP contribution in [0.25, 0.3) is 22.6 Å². The lowest BCUT2D eigenvalue weighted by atomic mass is 10.1. The van der Waals surface area contributed by atoms with Gasteiger partial charge in [-0.2, -0.15) is 0 Å². The van der Waals surface area contributed by atoms with Gasteiger partial charge in [0, 0.05) is 20.9 Å². The van der Waals surface area contributed by atoms with Crippen LogP contribution in [0.2, 0.25) is 0 Å². The van der Waals surface area contributed by atoms with Crippen LogP contribution in [0.5, 0.6) is 0 Å². The topological polar surface area (TPSA) is 90.4 Å². The van der Waals surface area contributed by atoms with E-state index in [9.17, 15) is 4.79 Å². The van der Waals surface area contributed by atoms with Crippen molar-refractivity contribution in [3.63, 3.8) is 0 Å². The molecule has 0 bridgehead atoms. The van der Waals surface area contributed by atoms with Gasteiger partial charge in [-0.1, -0.05) is 30.3 Å². The first kappa shape index (κ1) is 22.3. The average molecular weight is 545 g/mol. The molecule has 0 saturated carbocycles. The number of alkyl carbamates (subject to hydrolysis) is 1. The first-order valence-corrected chi connectivity index (χ1v) is 11.3. The number of nitrogens with one attached hydrogen (secondary N) is 1. The van der Waals surface area contributed by atoms with Crippen LogP contribution in [-0.2, 0) is 11.2 Å². The molecule has 7 nitrogen and oxygen atoms in total. The van der Waals surface area contributed by atoms with Crippen LogP contribution >= 0.6 is 22.6 Å². The molecule has 166 valence electrons. The maximum atomic E-state index is 12.5. The highest BCUT2D eigenvalue weighted by Crippen LogP contribution is 2.33. The number of para-hydroxylation sites is 1. The van der Waals surface area contributed by atoms with Crippen LogP contribution in [-0.4, -0.2) is 21.9 Å². The van der Waals surface area contributed by atoms with Crippen molar-refractivity contribution in [2.45, 2.75) is 45.8 Å². The summed E-state index contributed by atoms with van der Waals surface area (Å²) in [6.07, 6.45) is -0.0793. The van der Waals surface area contributed by atoms with E-state index in [0.717, 1.165) is 25.7 Å². The van der Waals surface area contributed by atoms with Gasteiger partial charge in [0.2, 0.25) is 5.89 Å². The Balaban J connectivity index is 1.64. The molecule has 8 heteroatoms. The van der Waals surface area contributed by atoms with E-state index < -0.39 is 17.7 Å². The maximum absolute atomic E-state index is 12.5. The summed E-state index contributed by atoms with van der Waals surface area (Å²) in [5, 5.41) is 12.3. The number of rotatable bonds is 5. The number of furan rings is 1. The molecule has 4 rings (SSSR count). The molecule has 1 amide bonds. The van der Waals surface area contributed by atoms with Gasteiger partial charge in [-0.15, -0.1) is 10.2 Å². The summed E-state index contributed by atoms with van der Waals surface area (Å²) < 4.78 is 18.5. The Kier molecular flexibility index (Phi) is 6.23. The Bertz CT molecular complexity index is 1240. The molecular weight excluding hydrogens is 521 g/mol. The molecule has 0 aliphatic rings. The third-order valence-corrected chi connectivity index (χ3v) is 5.54. The van der Waals surface area contributed by atoms with Crippen LogP contribution in [0, 0.1) is 10.5 Å². The number of aryl methyl sites for hydroxylation is 1. The quantitative estimate of drug-likeness (QED) is 0.300. The molecule has 0 aliphatic carbocycles. The van der Waals surface area contributed by atoms with Gasteiger partial charge in [0.05, 0.1) is 0 Å². The largest absolute Gasteiger partial charge is 0.451 e. The van der Waals surface area contributed by atoms with Gasteiger partial charge < -0.3 is 18.9 Å². The molecule has 1 N–H and O–H groups in total. The maximum Gasteiger partial charge on any atom is 0.408 e. The van der Waals surface area contributed by atoms with Gasteiger partial charge in [0.25, 0.3) is 5.89 Å². The number of hydrogen-bond donors (Lipinski definition) is 1. The molecule has 1 unspecified atom stereocenters. The number of carbonyl (C=O) groups is 1. The summed E-state index contributed by atoms with van der Waals surface area (Å²) in [6.45, 7) is 7.40. The van der Waals surface area contributed by atoms with Crippen molar-refractivity contribution in [2.75, 3.05) is 0 Å². The van der Waals surface area contributed by atoms with E-state index in [1.54, 1.807) is 0 Å². The van der Waals surface area contributed by atoms with Gasteiger partial charge in [-0.3, -0.25) is 0 Å². The second-order valence-electron chi connectivity index (χ2n) is 8.53. The molecule has 0 radical (unpaired) electrons. The summed E-state index contributed by atoms with van der Waals surface area (Å²) in [5.74, 6) is 1.08. The van der Waals surface area contributed by atoms with Crippen molar-refractivity contribution in [3.05, 3.63) is 69.1 Å². The molecule has 4 aromatic rings. The van der Waals surface area contributed by atoms with Crippen molar-refractivity contribution in [1.82, 2.24) is 15.5 Å². The SMILES string of the molecule is Cc1c(-c2nnc(C(Cc3ccc(I)cc3)NC(=O)OC(C)(C)C)o2)oc2ccccc12. The monoisotopic (exact) mass is 545 g/mol. The van der Waals surface area contributed by atoms with Gasteiger partial charge >= 0.3 is 6.09 Å². The molecule has 0 aliphatic heterocycles. The summed E-state index contributed by atoms with van der Waals surface area (Å²) in [6, 6.07) is 15.2. The highest BCUT2D eigenvalue weighted by atomic mass is 127. The zero-order valence-corrected chi connectivity index (χ0v) is 20.5. The predicted molar refractivity (Wildman–Crippen MR) is 129 cm³/mol. The zero-order valence-electron chi connectivity index (χ0n) is 18.3. The Morgan fingerprint density at radius 2 is 1.81 bits per heavy atom. The number of hydrogen-bond acceptors (Lipinski definition) is 6. The van der Waals surface area contributed by atoms with Gasteiger partial charge in [0.15, 0.2) is 5.76 Å². The standard InChI is InChI=1S/C24H24IN3O4/c1-14-17-7-5-6-8-19(17)30-20(14)22-28-27-21(31-22)18(26-23(29)32-24(2,3)4)13-15-9-11-16(25)12-10-15/h5-12,18H,13H2,1-4H3,(H,26,29). The summed E-state index contributed by atoms with van der Waals surface area (Å²) >= 11 is 2.25. The van der Waals surface area contributed by atoms with Crippen molar-refractivity contribution in [1.29, 1.82) is 0 Å². The van der Waals surface area contributed by atoms with Crippen molar-refractivity contribution in [3.8, 4) is 11.7 Å². The van der Waals surface area contributed by atoms with E-state index in [4.69, 9.17) is 13.6 Å². The molecule has 32 heavy (non-hydrogen) atoms. The first-order chi connectivity index (χ1) is 15.2. The van der Waals surface area contributed by atoms with Crippen LogP contribution in [0.4, 0.5) is 4.79 Å². The smallest absolute Gasteiger partial charge is 0.408 e. The molecule has 2 heterocycles. The van der Waals surface area contributed by atoms with Crippen molar-refractivity contribution < 1.29 is 18.4 Å². The van der Waals surface area contributed by atoms with Crippen LogP contribution in [0.15, 0.2) is 57.4 Å². The van der Waals surface area contributed by atoms with Gasteiger partial charge in [0.1, 0.15) is 17.2 Å². The summed E-state index contributed by atoms with van der Waals surface area (Å²) in [4.78, 5) is 12.5. The second kappa shape index (κ2) is 8.93. The number of halogens is 1. The Morgan fingerprint density at radius 3 is 2.50 bits per heavy atom. The molecule has 0 saturated heterocycles. The van der Waals surface area contributed by atoms with E-state index in [0.29, 0.717) is 12.2 Å². The Hall–Kier alpha value is -2.88. The minimum absolute atomic E-state index is 0.271. The molecular formula is C24H24IN3O4. The second-order valence-corrected chi connectivity index (χ2v) is 9.77. The fourth-order valence-electron chi connectivity index (χ4n) is 3.35. The lowest BCUT2D eigenvalue weighted by Gasteiger charge is -2.22. The fraction of sp³-hybridized carbons (Fsp3) is 0.292. The van der Waals surface area contributed by atoms with E-state index in [2.05, 4.69) is 38.1 Å². The lowest BCUT2D eigenvalue weighted by Crippen LogP contribution is -2.36. The van der Waals surface area contributed by atoms with E-state index in [-0.39, 0.29) is 11.8 Å². The molecule has 2 aromatic heterocycles. The number of benzene rings is 2. The normalized spacial score (nSPS) is 12.7. The molecule has 0 fully saturated rings. The molecule has 1 atom stereocenters. The minimum atomic E-state index is -0.622. The molecule has 0 spiro atoms. The molecule has 2 aromatic carbocycles. The Labute approximate surface area is 199 Å². The first-order valence-electron chi connectivity index (χ1n) is 10.3. The highest BCUT2D eigenvalue weighted by Gasteiger charge is 2.26. The van der Waals surface area contributed by atoms with E-state index in [1.165, 1.54) is 0 Å². The van der Waals surface area contributed by atoms with Crippen molar-refractivity contribution in [2.24, 2.45) is 0 Å². The van der Waals surface area contributed by atoms with E-state index in [1.807, 2.05) is 76.2 Å². The third-order valence-electron chi connectivity index (χ3n) is 4.82. The number of ether oxygens (including phenoxy) is 1. The van der Waals surface area contributed by atoms with Crippen LogP contribution < -0.4 is 5.32 Å². The van der Waals surface area contributed by atoms with Crippen LogP contribution in [0.1, 0.15) is 43.8 Å². The minimum Gasteiger partial charge on any atom is -0.451 e. The Morgan fingerprint density at radius 1 is 1.09 bits per heavy atom. The third kappa shape index (κ3) is 5.12. The summed E-state index contributed by atoms with van der Waals surface area (Å²) in [5.41, 5.74) is 2.07. The predicted octanol–water partition coefficient (Wildman–Crippen LogP) is 6.20. The number of aromatic nitrogens is 2.